The van der Waals surface area contributed by atoms with Gasteiger partial charge in [-0.05, 0) is 39.2 Å². The largest absolute Gasteiger partial charge is 0.344 e. The standard InChI is InChI=1S/C12H19N3OS.2ClH/c1-12(2,11-14-5-6-17-11)15-10(16)8-13-7-9-3-4-9;;/h5-6,9,13H,3-4,7-8H2,1-2H3,(H,15,16);2*1H. The number of hydrogen-bond acceptors (Lipinski definition) is 4. The van der Waals surface area contributed by atoms with Gasteiger partial charge in [-0.25, -0.2) is 4.98 Å². The Balaban J connectivity index is 0.00000162. The van der Waals surface area contributed by atoms with E-state index >= 15 is 0 Å². The van der Waals surface area contributed by atoms with Gasteiger partial charge in [0.25, 0.3) is 0 Å². The third-order valence-electron chi connectivity index (χ3n) is 2.83. The van der Waals surface area contributed by atoms with Crippen molar-refractivity contribution in [1.82, 2.24) is 15.6 Å². The molecule has 0 saturated heterocycles. The van der Waals surface area contributed by atoms with Gasteiger partial charge >= 0.3 is 0 Å². The molecule has 1 aliphatic carbocycles. The number of carbonyl (C=O) groups is 1. The van der Waals surface area contributed by atoms with Gasteiger partial charge in [0.2, 0.25) is 5.91 Å². The van der Waals surface area contributed by atoms with E-state index in [2.05, 4.69) is 15.6 Å². The fourth-order valence-corrected chi connectivity index (χ4v) is 2.41. The molecule has 0 aromatic carbocycles. The molecule has 0 bridgehead atoms. The number of nitrogens with one attached hydrogen (secondary N) is 2. The molecule has 1 heterocycles. The summed E-state index contributed by atoms with van der Waals surface area (Å²) < 4.78 is 0. The molecule has 1 amide bonds. The molecule has 2 rings (SSSR count). The minimum atomic E-state index is -0.382. The average molecular weight is 326 g/mol. The van der Waals surface area contributed by atoms with Crippen LogP contribution in [0.4, 0.5) is 0 Å². The second kappa shape index (κ2) is 8.04. The first-order valence-corrected chi connectivity index (χ1v) is 6.87. The molecule has 7 heteroatoms. The van der Waals surface area contributed by atoms with Crippen molar-refractivity contribution in [2.45, 2.75) is 32.2 Å². The number of amides is 1. The predicted molar refractivity (Wildman–Crippen MR) is 83.4 cm³/mol. The van der Waals surface area contributed by atoms with Gasteiger partial charge in [-0.15, -0.1) is 36.2 Å². The van der Waals surface area contributed by atoms with Crippen LogP contribution in [0.25, 0.3) is 0 Å². The number of carbonyl (C=O) groups excluding carboxylic acids is 1. The Bertz CT molecular complexity index is 380. The number of halogens is 2. The van der Waals surface area contributed by atoms with Crippen LogP contribution >= 0.6 is 36.2 Å². The Morgan fingerprint density at radius 1 is 1.47 bits per heavy atom. The summed E-state index contributed by atoms with van der Waals surface area (Å²) in [6, 6.07) is 0. The number of thiazole rings is 1. The summed E-state index contributed by atoms with van der Waals surface area (Å²) in [4.78, 5) is 16.0. The third kappa shape index (κ3) is 6.08. The monoisotopic (exact) mass is 325 g/mol. The lowest BCUT2D eigenvalue weighted by Crippen LogP contribution is -2.45. The van der Waals surface area contributed by atoms with Crippen molar-refractivity contribution in [3.8, 4) is 0 Å². The molecule has 0 radical (unpaired) electrons. The zero-order valence-electron chi connectivity index (χ0n) is 11.1. The molecule has 110 valence electrons. The van der Waals surface area contributed by atoms with Crippen molar-refractivity contribution < 1.29 is 4.79 Å². The van der Waals surface area contributed by atoms with E-state index in [9.17, 15) is 4.79 Å². The molecule has 0 aliphatic heterocycles. The van der Waals surface area contributed by atoms with Crippen LogP contribution in [0.5, 0.6) is 0 Å². The molecule has 0 atom stereocenters. The molecule has 0 unspecified atom stereocenters. The lowest BCUT2D eigenvalue weighted by Gasteiger charge is -2.23. The summed E-state index contributed by atoms with van der Waals surface area (Å²) in [5.74, 6) is 0.834. The van der Waals surface area contributed by atoms with Crippen LogP contribution < -0.4 is 10.6 Å². The maximum atomic E-state index is 11.8. The molecule has 1 fully saturated rings. The fraction of sp³-hybridized carbons (Fsp3) is 0.667. The second-order valence-electron chi connectivity index (χ2n) is 5.08. The van der Waals surface area contributed by atoms with Crippen molar-refractivity contribution in [3.05, 3.63) is 16.6 Å². The number of aromatic nitrogens is 1. The first-order chi connectivity index (χ1) is 8.08. The molecule has 19 heavy (non-hydrogen) atoms. The van der Waals surface area contributed by atoms with Gasteiger partial charge in [-0.1, -0.05) is 0 Å². The minimum absolute atomic E-state index is 0. The normalized spacial score (nSPS) is 14.2. The van der Waals surface area contributed by atoms with Crippen molar-refractivity contribution >= 4 is 42.1 Å². The number of rotatable bonds is 6. The third-order valence-corrected chi connectivity index (χ3v) is 3.93. The quantitative estimate of drug-likeness (QED) is 0.844. The van der Waals surface area contributed by atoms with Crippen LogP contribution in [-0.4, -0.2) is 24.0 Å². The Kier molecular flexibility index (Phi) is 7.89. The molecule has 1 saturated carbocycles. The topological polar surface area (TPSA) is 54.0 Å². The maximum Gasteiger partial charge on any atom is 0.234 e. The lowest BCUT2D eigenvalue weighted by atomic mass is 10.1. The molecule has 2 N–H and O–H groups in total. The molecule has 0 spiro atoms. The summed E-state index contributed by atoms with van der Waals surface area (Å²) in [7, 11) is 0. The smallest absolute Gasteiger partial charge is 0.234 e. The fourth-order valence-electron chi connectivity index (χ4n) is 1.69. The highest BCUT2D eigenvalue weighted by Gasteiger charge is 2.25. The van der Waals surface area contributed by atoms with E-state index in [0.717, 1.165) is 17.5 Å². The Hall–Kier alpha value is -0.360. The van der Waals surface area contributed by atoms with Crippen molar-refractivity contribution in [1.29, 1.82) is 0 Å². The van der Waals surface area contributed by atoms with Gasteiger partial charge in [0.15, 0.2) is 0 Å². The SMILES string of the molecule is CC(C)(NC(=O)CNCC1CC1)c1nccs1.Cl.Cl. The first kappa shape index (κ1) is 18.6. The first-order valence-electron chi connectivity index (χ1n) is 5.99. The van der Waals surface area contributed by atoms with Gasteiger partial charge in [0.1, 0.15) is 5.01 Å². The van der Waals surface area contributed by atoms with Crippen LogP contribution in [0, 0.1) is 5.92 Å². The summed E-state index contributed by atoms with van der Waals surface area (Å²) in [5, 5.41) is 9.05. The minimum Gasteiger partial charge on any atom is -0.344 e. The Morgan fingerprint density at radius 3 is 2.68 bits per heavy atom. The van der Waals surface area contributed by atoms with E-state index in [0.29, 0.717) is 6.54 Å². The van der Waals surface area contributed by atoms with E-state index in [1.807, 2.05) is 19.2 Å². The van der Waals surface area contributed by atoms with Crippen molar-refractivity contribution in [2.75, 3.05) is 13.1 Å². The molecule has 4 nitrogen and oxygen atoms in total. The summed E-state index contributed by atoms with van der Waals surface area (Å²) in [5.41, 5.74) is -0.382. The van der Waals surface area contributed by atoms with E-state index in [4.69, 9.17) is 0 Å². The van der Waals surface area contributed by atoms with E-state index in [-0.39, 0.29) is 36.3 Å². The maximum absolute atomic E-state index is 11.8. The molecular weight excluding hydrogens is 305 g/mol. The van der Waals surface area contributed by atoms with Gasteiger partial charge < -0.3 is 10.6 Å². The summed E-state index contributed by atoms with van der Waals surface area (Å²) >= 11 is 1.56. The van der Waals surface area contributed by atoms with Gasteiger partial charge in [-0.2, -0.15) is 0 Å². The second-order valence-corrected chi connectivity index (χ2v) is 5.98. The van der Waals surface area contributed by atoms with Crippen LogP contribution in [0.2, 0.25) is 0 Å². The summed E-state index contributed by atoms with van der Waals surface area (Å²) in [6.45, 7) is 5.31. The van der Waals surface area contributed by atoms with Gasteiger partial charge in [0.05, 0.1) is 12.1 Å². The molecule has 1 aliphatic rings. The van der Waals surface area contributed by atoms with Crippen LogP contribution in [0.1, 0.15) is 31.7 Å². The number of hydrogen-bond donors (Lipinski definition) is 2. The zero-order valence-corrected chi connectivity index (χ0v) is 13.6. The average Bonchev–Trinajstić information content (AvgIpc) is 2.90. The van der Waals surface area contributed by atoms with Crippen molar-refractivity contribution in [2.24, 2.45) is 5.92 Å². The Morgan fingerprint density at radius 2 is 2.16 bits per heavy atom. The highest BCUT2D eigenvalue weighted by molar-refractivity contribution is 7.09. The van der Waals surface area contributed by atoms with Gasteiger partial charge in [0, 0.05) is 11.6 Å². The summed E-state index contributed by atoms with van der Waals surface area (Å²) in [6.07, 6.45) is 4.37. The van der Waals surface area contributed by atoms with Crippen LogP contribution in [0.3, 0.4) is 0 Å². The van der Waals surface area contributed by atoms with Crippen LogP contribution in [-0.2, 0) is 10.3 Å². The van der Waals surface area contributed by atoms with Crippen LogP contribution in [0.15, 0.2) is 11.6 Å². The van der Waals surface area contributed by atoms with E-state index in [1.54, 1.807) is 17.5 Å². The molecular formula is C12H21Cl2N3OS. The molecule has 1 aromatic rings. The predicted octanol–water partition coefficient (Wildman–Crippen LogP) is 2.34. The highest BCUT2D eigenvalue weighted by Crippen LogP contribution is 2.27. The zero-order chi connectivity index (χ0) is 12.3. The van der Waals surface area contributed by atoms with E-state index < -0.39 is 0 Å². The Labute approximate surface area is 130 Å². The number of nitrogens with zero attached hydrogens (tertiary/aromatic N) is 1. The van der Waals surface area contributed by atoms with Gasteiger partial charge in [-0.3, -0.25) is 4.79 Å². The molecule has 1 aromatic heterocycles. The lowest BCUT2D eigenvalue weighted by molar-refractivity contribution is -0.121. The van der Waals surface area contributed by atoms with Crippen molar-refractivity contribution in [3.63, 3.8) is 0 Å². The highest BCUT2D eigenvalue weighted by atomic mass is 35.5. The van der Waals surface area contributed by atoms with E-state index in [1.165, 1.54) is 12.8 Å².